The smallest absolute Gasteiger partial charge is 0.258 e. The molecule has 0 atom stereocenters. The van der Waals surface area contributed by atoms with E-state index in [1.54, 1.807) is 24.1 Å². The van der Waals surface area contributed by atoms with Crippen molar-refractivity contribution in [3.05, 3.63) is 82.2 Å². The SMILES string of the molecule is C=C(C=C(C=NC)Cc1ccc(N2CCOCC2)nc1)N1CCc2cc(Cl)ccc2C1=O. The van der Waals surface area contributed by atoms with E-state index in [1.807, 2.05) is 30.6 Å². The minimum absolute atomic E-state index is 0.0477. The van der Waals surface area contributed by atoms with E-state index in [1.165, 1.54) is 0 Å². The van der Waals surface area contributed by atoms with Gasteiger partial charge in [-0.05, 0) is 53.5 Å². The number of hydrogen-bond acceptors (Lipinski definition) is 5. The van der Waals surface area contributed by atoms with E-state index >= 15 is 0 Å². The standard InChI is InChI=1S/C25H27ClN4O2/c1-18(30-8-7-21-15-22(26)4-5-23(21)25(30)31)13-20(16-27-2)14-19-3-6-24(28-17-19)29-9-11-32-12-10-29/h3-6,13,15-17H,1,7-12,14H2,2H3. The summed E-state index contributed by atoms with van der Waals surface area (Å²) in [5.41, 5.74) is 4.36. The summed E-state index contributed by atoms with van der Waals surface area (Å²) in [4.78, 5) is 25.8. The first-order valence-corrected chi connectivity index (χ1v) is 11.1. The highest BCUT2D eigenvalue weighted by atomic mass is 35.5. The summed E-state index contributed by atoms with van der Waals surface area (Å²) in [7, 11) is 1.74. The number of fused-ring (bicyclic) bond motifs is 1. The van der Waals surface area contributed by atoms with Crippen molar-refractivity contribution in [1.29, 1.82) is 0 Å². The summed E-state index contributed by atoms with van der Waals surface area (Å²) in [5.74, 6) is 0.919. The van der Waals surface area contributed by atoms with Crippen LogP contribution in [0.3, 0.4) is 0 Å². The van der Waals surface area contributed by atoms with Crippen LogP contribution in [-0.2, 0) is 17.6 Å². The molecule has 2 aromatic rings. The lowest BCUT2D eigenvalue weighted by atomic mass is 9.98. The number of pyridine rings is 1. The summed E-state index contributed by atoms with van der Waals surface area (Å²) >= 11 is 6.08. The van der Waals surface area contributed by atoms with Gasteiger partial charge >= 0.3 is 0 Å². The van der Waals surface area contributed by atoms with Crippen molar-refractivity contribution in [3.8, 4) is 0 Å². The predicted molar refractivity (Wildman–Crippen MR) is 129 cm³/mol. The van der Waals surface area contributed by atoms with Gasteiger partial charge in [-0.3, -0.25) is 9.79 Å². The van der Waals surface area contributed by atoms with E-state index in [0.717, 1.165) is 55.2 Å². The number of carbonyl (C=O) groups is 1. The van der Waals surface area contributed by atoms with Crippen LogP contribution in [0.15, 0.2) is 65.4 Å². The molecule has 32 heavy (non-hydrogen) atoms. The van der Waals surface area contributed by atoms with Gasteiger partial charge in [0.25, 0.3) is 5.91 Å². The molecule has 0 spiro atoms. The van der Waals surface area contributed by atoms with Gasteiger partial charge in [-0.25, -0.2) is 4.98 Å². The molecule has 0 radical (unpaired) electrons. The van der Waals surface area contributed by atoms with Gasteiger partial charge in [0.05, 0.1) is 13.2 Å². The second kappa shape index (κ2) is 10.1. The maximum absolute atomic E-state index is 13.0. The van der Waals surface area contributed by atoms with Crippen LogP contribution in [0.25, 0.3) is 0 Å². The number of hydrogen-bond donors (Lipinski definition) is 0. The van der Waals surface area contributed by atoms with E-state index in [4.69, 9.17) is 16.3 Å². The minimum Gasteiger partial charge on any atom is -0.378 e. The summed E-state index contributed by atoms with van der Waals surface area (Å²) < 4.78 is 5.41. The van der Waals surface area contributed by atoms with Crippen LogP contribution in [0.1, 0.15) is 21.5 Å². The van der Waals surface area contributed by atoms with E-state index < -0.39 is 0 Å². The fraction of sp³-hybridized carbons (Fsp3) is 0.320. The molecule has 3 heterocycles. The average Bonchev–Trinajstić information content (AvgIpc) is 2.80. The first-order valence-electron chi connectivity index (χ1n) is 10.7. The number of aliphatic imine (C=N–C) groups is 1. The molecule has 4 rings (SSSR count). The van der Waals surface area contributed by atoms with Gasteiger partial charge in [0.15, 0.2) is 0 Å². The third-order valence-corrected chi connectivity index (χ3v) is 5.93. The zero-order valence-electron chi connectivity index (χ0n) is 18.3. The third kappa shape index (κ3) is 5.09. The first kappa shape index (κ1) is 22.2. The molecule has 1 saturated heterocycles. The topological polar surface area (TPSA) is 58.0 Å². The molecule has 0 saturated carbocycles. The van der Waals surface area contributed by atoms with Crippen LogP contribution in [0.4, 0.5) is 5.82 Å². The number of benzene rings is 1. The van der Waals surface area contributed by atoms with Crippen molar-refractivity contribution in [2.75, 3.05) is 44.8 Å². The normalized spacial score (nSPS) is 17.1. The Hall–Kier alpha value is -2.96. The average molecular weight is 451 g/mol. The number of rotatable bonds is 6. The van der Waals surface area contributed by atoms with Crippen LogP contribution in [0.2, 0.25) is 5.02 Å². The Bertz CT molecular complexity index is 1060. The molecular weight excluding hydrogens is 424 g/mol. The number of allylic oxidation sites excluding steroid dienone is 2. The Morgan fingerprint density at radius 1 is 1.25 bits per heavy atom. The minimum atomic E-state index is -0.0477. The lowest BCUT2D eigenvalue weighted by Gasteiger charge is -2.29. The Balaban J connectivity index is 1.47. The molecule has 2 aliphatic rings. The van der Waals surface area contributed by atoms with Crippen molar-refractivity contribution in [1.82, 2.24) is 9.88 Å². The molecule has 0 aliphatic carbocycles. The maximum atomic E-state index is 13.0. The van der Waals surface area contributed by atoms with Gasteiger partial charge in [-0.1, -0.05) is 24.2 Å². The fourth-order valence-electron chi connectivity index (χ4n) is 4.06. The van der Waals surface area contributed by atoms with Crippen LogP contribution in [0, 0.1) is 0 Å². The lowest BCUT2D eigenvalue weighted by molar-refractivity contribution is 0.0797. The predicted octanol–water partition coefficient (Wildman–Crippen LogP) is 3.95. The number of anilines is 1. The Labute approximate surface area is 193 Å². The molecule has 7 heteroatoms. The molecule has 0 unspecified atom stereocenters. The highest BCUT2D eigenvalue weighted by Gasteiger charge is 2.25. The number of halogens is 1. The van der Waals surface area contributed by atoms with E-state index in [0.29, 0.717) is 29.2 Å². The molecule has 1 amide bonds. The number of morpholine rings is 1. The molecule has 0 N–H and O–H groups in total. The number of ether oxygens (including phenoxy) is 1. The number of amides is 1. The van der Waals surface area contributed by atoms with Crippen molar-refractivity contribution in [2.45, 2.75) is 12.8 Å². The fourth-order valence-corrected chi connectivity index (χ4v) is 4.25. The van der Waals surface area contributed by atoms with Crippen LogP contribution in [-0.4, -0.2) is 61.9 Å². The van der Waals surface area contributed by atoms with Gasteiger partial charge in [0, 0.05) is 61.8 Å². The zero-order valence-corrected chi connectivity index (χ0v) is 19.0. The maximum Gasteiger partial charge on any atom is 0.258 e. The molecule has 2 aliphatic heterocycles. The van der Waals surface area contributed by atoms with Crippen molar-refractivity contribution < 1.29 is 9.53 Å². The summed E-state index contributed by atoms with van der Waals surface area (Å²) in [6.45, 7) is 7.93. The molecule has 166 valence electrons. The molecule has 1 fully saturated rings. The molecular formula is C25H27ClN4O2. The Morgan fingerprint density at radius 3 is 2.78 bits per heavy atom. The quantitative estimate of drug-likeness (QED) is 0.494. The number of carbonyl (C=O) groups excluding carboxylic acids is 1. The van der Waals surface area contributed by atoms with Gasteiger partial charge in [0.2, 0.25) is 0 Å². The van der Waals surface area contributed by atoms with Gasteiger partial charge in [0.1, 0.15) is 5.82 Å². The van der Waals surface area contributed by atoms with E-state index in [-0.39, 0.29) is 5.91 Å². The van der Waals surface area contributed by atoms with E-state index in [9.17, 15) is 4.79 Å². The van der Waals surface area contributed by atoms with Crippen molar-refractivity contribution in [3.63, 3.8) is 0 Å². The second-order valence-corrected chi connectivity index (χ2v) is 8.34. The van der Waals surface area contributed by atoms with Gasteiger partial charge in [-0.15, -0.1) is 0 Å². The first-order chi connectivity index (χ1) is 15.5. The Kier molecular flexibility index (Phi) is 7.02. The van der Waals surface area contributed by atoms with Crippen LogP contribution < -0.4 is 4.90 Å². The molecule has 1 aromatic carbocycles. The van der Waals surface area contributed by atoms with Gasteiger partial charge < -0.3 is 14.5 Å². The van der Waals surface area contributed by atoms with Crippen molar-refractivity contribution in [2.24, 2.45) is 4.99 Å². The third-order valence-electron chi connectivity index (χ3n) is 5.69. The van der Waals surface area contributed by atoms with E-state index in [2.05, 4.69) is 27.5 Å². The molecule has 0 bridgehead atoms. The summed E-state index contributed by atoms with van der Waals surface area (Å²) in [5, 5.41) is 0.651. The summed E-state index contributed by atoms with van der Waals surface area (Å²) in [6.07, 6.45) is 7.04. The number of nitrogens with zero attached hydrogens (tertiary/aromatic N) is 4. The highest BCUT2D eigenvalue weighted by Crippen LogP contribution is 2.25. The highest BCUT2D eigenvalue weighted by molar-refractivity contribution is 6.30. The Morgan fingerprint density at radius 2 is 2.06 bits per heavy atom. The summed E-state index contributed by atoms with van der Waals surface area (Å²) in [6, 6.07) is 9.55. The monoisotopic (exact) mass is 450 g/mol. The van der Waals surface area contributed by atoms with Gasteiger partial charge in [-0.2, -0.15) is 0 Å². The number of aromatic nitrogens is 1. The zero-order chi connectivity index (χ0) is 22.5. The molecule has 1 aromatic heterocycles. The lowest BCUT2D eigenvalue weighted by Crippen LogP contribution is -2.36. The van der Waals surface area contributed by atoms with Crippen LogP contribution in [0.5, 0.6) is 0 Å². The van der Waals surface area contributed by atoms with Crippen LogP contribution >= 0.6 is 11.6 Å². The second-order valence-electron chi connectivity index (χ2n) is 7.91. The largest absolute Gasteiger partial charge is 0.378 e. The molecule has 6 nitrogen and oxygen atoms in total. The van der Waals surface area contributed by atoms with Crippen molar-refractivity contribution >= 4 is 29.5 Å².